The first kappa shape index (κ1) is 12.7. The lowest BCUT2D eigenvalue weighted by Crippen LogP contribution is -2.11. The second-order valence-electron chi connectivity index (χ2n) is 5.07. The van der Waals surface area contributed by atoms with Gasteiger partial charge in [0.25, 0.3) is 0 Å². The Hall–Kier alpha value is -2.33. The largest absolute Gasteiger partial charge is 0.457 e. The zero-order chi connectivity index (χ0) is 13.9. The molecule has 2 aromatic carbocycles. The molecule has 0 atom stereocenters. The summed E-state index contributed by atoms with van der Waals surface area (Å²) in [7, 11) is 4.10. The Balaban J connectivity index is 1.90. The molecule has 102 valence electrons. The van der Waals surface area contributed by atoms with E-state index in [9.17, 15) is 0 Å². The standard InChI is InChI=1S/C16H17N3O/c1-19(2)11-12-5-3-4-6-16(12)20-14-7-8-15-13(9-14)10-17-18-15/h3-10H,11H2,1-2H3,(H,17,18). The van der Waals surface area contributed by atoms with Crippen molar-refractivity contribution < 1.29 is 4.74 Å². The van der Waals surface area contributed by atoms with Gasteiger partial charge >= 0.3 is 0 Å². The van der Waals surface area contributed by atoms with Gasteiger partial charge in [-0.05, 0) is 38.4 Å². The first-order chi connectivity index (χ1) is 9.72. The second kappa shape index (κ2) is 5.35. The van der Waals surface area contributed by atoms with Crippen LogP contribution in [0, 0.1) is 0 Å². The first-order valence-corrected chi connectivity index (χ1v) is 6.56. The molecule has 3 aromatic rings. The average molecular weight is 267 g/mol. The number of rotatable bonds is 4. The number of aromatic nitrogens is 2. The van der Waals surface area contributed by atoms with Crippen LogP contribution in [0.25, 0.3) is 10.9 Å². The molecule has 0 fully saturated rings. The maximum atomic E-state index is 6.02. The quantitative estimate of drug-likeness (QED) is 0.787. The molecule has 0 radical (unpaired) electrons. The van der Waals surface area contributed by atoms with E-state index in [1.165, 1.54) is 5.56 Å². The Morgan fingerprint density at radius 2 is 2.00 bits per heavy atom. The van der Waals surface area contributed by atoms with E-state index in [-0.39, 0.29) is 0 Å². The lowest BCUT2D eigenvalue weighted by Gasteiger charge is -2.14. The van der Waals surface area contributed by atoms with Crippen molar-refractivity contribution in [2.24, 2.45) is 0 Å². The minimum atomic E-state index is 0.824. The van der Waals surface area contributed by atoms with Crippen LogP contribution >= 0.6 is 0 Å². The van der Waals surface area contributed by atoms with Crippen molar-refractivity contribution in [1.82, 2.24) is 15.1 Å². The molecule has 3 rings (SSSR count). The van der Waals surface area contributed by atoms with Crippen molar-refractivity contribution in [2.75, 3.05) is 14.1 Å². The summed E-state index contributed by atoms with van der Waals surface area (Å²) in [5, 5.41) is 8.00. The van der Waals surface area contributed by atoms with Crippen molar-refractivity contribution in [2.45, 2.75) is 6.54 Å². The highest BCUT2D eigenvalue weighted by Gasteiger charge is 2.06. The zero-order valence-electron chi connectivity index (χ0n) is 11.6. The third-order valence-corrected chi connectivity index (χ3v) is 3.10. The molecular weight excluding hydrogens is 250 g/mol. The van der Waals surface area contributed by atoms with Gasteiger partial charge in [-0.1, -0.05) is 18.2 Å². The molecule has 0 aliphatic heterocycles. The molecule has 1 N–H and O–H groups in total. The minimum Gasteiger partial charge on any atom is -0.457 e. The fraction of sp³-hybridized carbons (Fsp3) is 0.188. The molecule has 20 heavy (non-hydrogen) atoms. The summed E-state index contributed by atoms with van der Waals surface area (Å²) >= 11 is 0. The lowest BCUT2D eigenvalue weighted by molar-refractivity contribution is 0.388. The molecular formula is C16H17N3O. The smallest absolute Gasteiger partial charge is 0.131 e. The zero-order valence-corrected chi connectivity index (χ0v) is 11.6. The van der Waals surface area contributed by atoms with Gasteiger partial charge in [0.1, 0.15) is 11.5 Å². The number of fused-ring (bicyclic) bond motifs is 1. The molecule has 1 aromatic heterocycles. The number of ether oxygens (including phenoxy) is 1. The van der Waals surface area contributed by atoms with Gasteiger partial charge in [-0.2, -0.15) is 5.10 Å². The predicted molar refractivity (Wildman–Crippen MR) is 80.0 cm³/mol. The van der Waals surface area contributed by atoms with Crippen molar-refractivity contribution in [1.29, 1.82) is 0 Å². The molecule has 1 heterocycles. The highest BCUT2D eigenvalue weighted by Crippen LogP contribution is 2.27. The predicted octanol–water partition coefficient (Wildman–Crippen LogP) is 3.42. The van der Waals surface area contributed by atoms with E-state index in [1.54, 1.807) is 6.20 Å². The third-order valence-electron chi connectivity index (χ3n) is 3.10. The van der Waals surface area contributed by atoms with Crippen LogP contribution in [0.4, 0.5) is 0 Å². The SMILES string of the molecule is CN(C)Cc1ccccc1Oc1ccc2[nH]ncc2c1. The van der Waals surface area contributed by atoms with Gasteiger partial charge in [0.2, 0.25) is 0 Å². The van der Waals surface area contributed by atoms with Gasteiger partial charge in [-0.3, -0.25) is 5.10 Å². The van der Waals surface area contributed by atoms with E-state index < -0.39 is 0 Å². The monoisotopic (exact) mass is 267 g/mol. The van der Waals surface area contributed by atoms with Gasteiger partial charge in [0.05, 0.1) is 11.7 Å². The van der Waals surface area contributed by atoms with E-state index in [4.69, 9.17) is 4.74 Å². The molecule has 0 spiro atoms. The van der Waals surface area contributed by atoms with Gasteiger partial charge in [-0.25, -0.2) is 0 Å². The van der Waals surface area contributed by atoms with Crippen LogP contribution in [-0.2, 0) is 6.54 Å². The number of hydrogen-bond donors (Lipinski definition) is 1. The summed E-state index contributed by atoms with van der Waals surface area (Å²) in [4.78, 5) is 2.13. The number of H-pyrrole nitrogens is 1. The fourth-order valence-electron chi connectivity index (χ4n) is 2.19. The van der Waals surface area contributed by atoms with Crippen LogP contribution < -0.4 is 4.74 Å². The van der Waals surface area contributed by atoms with Crippen LogP contribution in [0.1, 0.15) is 5.56 Å². The molecule has 0 bridgehead atoms. The number of para-hydroxylation sites is 1. The van der Waals surface area contributed by atoms with Gasteiger partial charge in [0, 0.05) is 17.5 Å². The van der Waals surface area contributed by atoms with E-state index in [1.807, 2.05) is 50.5 Å². The third kappa shape index (κ3) is 2.65. The van der Waals surface area contributed by atoms with E-state index in [0.717, 1.165) is 28.9 Å². The van der Waals surface area contributed by atoms with Crippen LogP contribution in [0.3, 0.4) is 0 Å². The van der Waals surface area contributed by atoms with Crippen molar-refractivity contribution in [3.05, 3.63) is 54.2 Å². The van der Waals surface area contributed by atoms with Crippen molar-refractivity contribution in [3.8, 4) is 11.5 Å². The number of nitrogens with zero attached hydrogens (tertiary/aromatic N) is 2. The highest BCUT2D eigenvalue weighted by molar-refractivity contribution is 5.79. The second-order valence-corrected chi connectivity index (χ2v) is 5.07. The van der Waals surface area contributed by atoms with Gasteiger partial charge in [0.15, 0.2) is 0 Å². The Bertz CT molecular complexity index is 718. The fourth-order valence-corrected chi connectivity index (χ4v) is 2.19. The normalized spacial score (nSPS) is 11.2. The van der Waals surface area contributed by atoms with Crippen LogP contribution in [0.5, 0.6) is 11.5 Å². The number of hydrogen-bond acceptors (Lipinski definition) is 3. The maximum absolute atomic E-state index is 6.02. The van der Waals surface area contributed by atoms with Gasteiger partial charge < -0.3 is 9.64 Å². The summed E-state index contributed by atoms with van der Waals surface area (Å²) in [5.74, 6) is 1.72. The summed E-state index contributed by atoms with van der Waals surface area (Å²) in [6.07, 6.45) is 1.80. The summed E-state index contributed by atoms with van der Waals surface area (Å²) in [6.45, 7) is 0.851. The van der Waals surface area contributed by atoms with Gasteiger partial charge in [-0.15, -0.1) is 0 Å². The summed E-state index contributed by atoms with van der Waals surface area (Å²) in [5.41, 5.74) is 2.18. The minimum absolute atomic E-state index is 0.824. The Morgan fingerprint density at radius 1 is 1.15 bits per heavy atom. The van der Waals surface area contributed by atoms with E-state index in [0.29, 0.717) is 0 Å². The first-order valence-electron chi connectivity index (χ1n) is 6.56. The molecule has 0 saturated carbocycles. The highest BCUT2D eigenvalue weighted by atomic mass is 16.5. The average Bonchev–Trinajstić information content (AvgIpc) is 2.88. The molecule has 0 unspecified atom stereocenters. The Kier molecular flexibility index (Phi) is 3.39. The van der Waals surface area contributed by atoms with E-state index >= 15 is 0 Å². The van der Waals surface area contributed by atoms with E-state index in [2.05, 4.69) is 21.2 Å². The lowest BCUT2D eigenvalue weighted by atomic mass is 10.2. The maximum Gasteiger partial charge on any atom is 0.131 e. The topological polar surface area (TPSA) is 41.1 Å². The molecule has 0 aliphatic rings. The van der Waals surface area contributed by atoms with Crippen molar-refractivity contribution in [3.63, 3.8) is 0 Å². The summed E-state index contributed by atoms with van der Waals surface area (Å²) < 4.78 is 6.02. The van der Waals surface area contributed by atoms with Crippen LogP contribution in [0.15, 0.2) is 48.7 Å². The molecule has 0 amide bonds. The Morgan fingerprint density at radius 3 is 2.85 bits per heavy atom. The molecule has 4 nitrogen and oxygen atoms in total. The van der Waals surface area contributed by atoms with Crippen LogP contribution in [0.2, 0.25) is 0 Å². The molecule has 0 saturated heterocycles. The molecule has 4 heteroatoms. The number of aromatic amines is 1. The van der Waals surface area contributed by atoms with Crippen LogP contribution in [-0.4, -0.2) is 29.2 Å². The summed E-state index contributed by atoms with van der Waals surface area (Å²) in [6, 6.07) is 14.0. The van der Waals surface area contributed by atoms with Crippen molar-refractivity contribution >= 4 is 10.9 Å². The number of nitrogens with one attached hydrogen (secondary N) is 1. The Labute approximate surface area is 118 Å². The number of benzene rings is 2. The molecule has 0 aliphatic carbocycles.